The average Bonchev–Trinajstić information content (AvgIpc) is 1.76. The highest BCUT2D eigenvalue weighted by Gasteiger charge is 2.29. The molecule has 0 radical (unpaired) electrons. The molecule has 0 saturated carbocycles. The standard InChI is InChI=1S/2C15H12F2O.C14H10F2O.C12H10F2.2C11H12F2O/c2*1-8-3-5-10-11-6-4-9(2)14(17)15(11)18-7-12(10)13(8)16;1-7-3-5-9-10-6-4-8(2)12(16)14(10)17-13(9)11(7)15;1-7-3-4-10-9(5-7)6-11(13)8(2)12(10)14;2*1-6-5-8-4-3-7(2)14-11(8)10(13)9(6)12/h2*3-6H,7H2,1-2H3;3-6H,1-2H3;3-6H,1-2H3;2*5,7H,3-4H2,1-2H3. The number of ether oxygens (including phenoxy) is 4. The van der Waals surface area contributed by atoms with Crippen LogP contribution in [0.2, 0.25) is 0 Å². The van der Waals surface area contributed by atoms with E-state index < -0.39 is 46.5 Å². The lowest BCUT2D eigenvalue weighted by atomic mass is 9.94. The fourth-order valence-corrected chi connectivity index (χ4v) is 11.6. The lowest BCUT2D eigenvalue weighted by Crippen LogP contribution is -2.20. The van der Waals surface area contributed by atoms with Gasteiger partial charge in [-0.25, -0.2) is 43.9 Å². The SMILES string of the molecule is Cc1cc2c(c(F)c1F)OC(C)CC2.Cc1cc2c(c(F)c1F)OC(C)CC2.Cc1ccc2c(F)c(C)c(F)cc2c1.Cc1ccc2c(c1F)COc1c-2ccc(C)c1F.Cc1ccc2c(c1F)COc1c-2ccc(C)c1F.Cc1ccc2c(oc3c(F)c(C)ccc32)c1F. The van der Waals surface area contributed by atoms with Crippen LogP contribution >= 0.6 is 0 Å². The fraction of sp³-hybridized carbons (Fsp3) is 0.256. The van der Waals surface area contributed by atoms with Gasteiger partial charge in [-0.2, -0.15) is 8.78 Å². The summed E-state index contributed by atoms with van der Waals surface area (Å²) in [5.74, 6) is -5.65. The highest BCUT2D eigenvalue weighted by atomic mass is 19.2. The van der Waals surface area contributed by atoms with Crippen LogP contribution < -0.4 is 18.9 Å². The predicted octanol–water partition coefficient (Wildman–Crippen LogP) is 22.5. The summed E-state index contributed by atoms with van der Waals surface area (Å²) in [6, 6.07) is 30.8. The maximum absolute atomic E-state index is 14.0. The molecule has 11 aromatic rings. The molecular formula is C78H68F12O5. The van der Waals surface area contributed by atoms with Crippen LogP contribution in [0.4, 0.5) is 52.7 Å². The van der Waals surface area contributed by atoms with E-state index in [4.69, 9.17) is 23.4 Å². The molecule has 0 aliphatic carbocycles. The number of furan rings is 1. The summed E-state index contributed by atoms with van der Waals surface area (Å²) in [6.07, 6.45) is 3.18. The third kappa shape index (κ3) is 13.7. The molecule has 4 aliphatic heterocycles. The van der Waals surface area contributed by atoms with Gasteiger partial charge in [0.25, 0.3) is 0 Å². The maximum Gasteiger partial charge on any atom is 0.201 e. The molecule has 10 aromatic carbocycles. The first-order valence-electron chi connectivity index (χ1n) is 30.9. The van der Waals surface area contributed by atoms with E-state index in [1.54, 1.807) is 140 Å². The quantitative estimate of drug-likeness (QED) is 0.142. The molecule has 0 amide bonds. The molecule has 0 fully saturated rings. The third-order valence-electron chi connectivity index (χ3n) is 17.4. The monoisotopic (exact) mass is 1310 g/mol. The molecule has 0 spiro atoms. The van der Waals surface area contributed by atoms with Gasteiger partial charge in [-0.15, -0.1) is 0 Å². The van der Waals surface area contributed by atoms with Gasteiger partial charge in [-0.05, 0) is 199 Å². The van der Waals surface area contributed by atoms with Crippen molar-refractivity contribution in [3.8, 4) is 45.3 Å². The zero-order chi connectivity index (χ0) is 68.8. The number of benzene rings is 10. The third-order valence-corrected chi connectivity index (χ3v) is 17.4. The minimum absolute atomic E-state index is 0.0286. The lowest BCUT2D eigenvalue weighted by Gasteiger charge is -2.24. The molecular weight excluding hydrogens is 1240 g/mol. The normalized spacial score (nSPS) is 14.4. The highest BCUT2D eigenvalue weighted by molar-refractivity contribution is 6.05. The van der Waals surface area contributed by atoms with Gasteiger partial charge in [0.15, 0.2) is 69.1 Å². The Bertz CT molecular complexity index is 4460. The van der Waals surface area contributed by atoms with Crippen LogP contribution in [0.5, 0.6) is 23.0 Å². The molecule has 0 N–H and O–H groups in total. The van der Waals surface area contributed by atoms with E-state index in [1.807, 2.05) is 39.0 Å². The highest BCUT2D eigenvalue weighted by Crippen LogP contribution is 2.44. The Balaban J connectivity index is 0.000000125. The van der Waals surface area contributed by atoms with Gasteiger partial charge in [0.1, 0.15) is 36.5 Å². The second-order valence-electron chi connectivity index (χ2n) is 24.5. The molecule has 5 heterocycles. The number of hydrogen-bond acceptors (Lipinski definition) is 5. The van der Waals surface area contributed by atoms with Gasteiger partial charge in [-0.3, -0.25) is 0 Å². The summed E-state index contributed by atoms with van der Waals surface area (Å²) in [5.41, 5.74) is 10.5. The zero-order valence-corrected chi connectivity index (χ0v) is 54.4. The van der Waals surface area contributed by atoms with Crippen LogP contribution in [0.25, 0.3) is 55.0 Å². The van der Waals surface area contributed by atoms with Crippen molar-refractivity contribution in [3.05, 3.63) is 257 Å². The van der Waals surface area contributed by atoms with Crippen LogP contribution in [-0.2, 0) is 26.1 Å². The molecule has 2 atom stereocenters. The Morgan fingerprint density at radius 3 is 1.12 bits per heavy atom. The molecule has 17 heteroatoms. The van der Waals surface area contributed by atoms with Crippen molar-refractivity contribution in [2.45, 2.75) is 134 Å². The topological polar surface area (TPSA) is 50.1 Å². The van der Waals surface area contributed by atoms with Crippen molar-refractivity contribution in [2.24, 2.45) is 0 Å². The summed E-state index contributed by atoms with van der Waals surface area (Å²) in [7, 11) is 0. The van der Waals surface area contributed by atoms with Gasteiger partial charge in [0.2, 0.25) is 11.6 Å². The van der Waals surface area contributed by atoms with Gasteiger partial charge in [0, 0.05) is 44.0 Å². The molecule has 4 aliphatic rings. The van der Waals surface area contributed by atoms with E-state index in [0.29, 0.717) is 88.3 Å². The van der Waals surface area contributed by atoms with Crippen molar-refractivity contribution in [3.63, 3.8) is 0 Å². The van der Waals surface area contributed by atoms with Gasteiger partial charge >= 0.3 is 0 Å². The molecule has 15 rings (SSSR count). The Kier molecular flexibility index (Phi) is 20.1. The van der Waals surface area contributed by atoms with Crippen LogP contribution in [0.1, 0.15) is 105 Å². The number of halogens is 12. The predicted molar refractivity (Wildman–Crippen MR) is 347 cm³/mol. The van der Waals surface area contributed by atoms with Gasteiger partial charge in [-0.1, -0.05) is 96.6 Å². The number of rotatable bonds is 0. The van der Waals surface area contributed by atoms with Gasteiger partial charge in [0.05, 0.1) is 12.2 Å². The van der Waals surface area contributed by atoms with Crippen LogP contribution in [0, 0.1) is 139 Å². The van der Waals surface area contributed by atoms with E-state index in [9.17, 15) is 52.7 Å². The average molecular weight is 1310 g/mol. The first-order valence-corrected chi connectivity index (χ1v) is 30.9. The summed E-state index contributed by atoms with van der Waals surface area (Å²) in [6.45, 7) is 20.5. The van der Waals surface area contributed by atoms with Crippen molar-refractivity contribution in [1.82, 2.24) is 0 Å². The zero-order valence-electron chi connectivity index (χ0n) is 54.4. The molecule has 1 aromatic heterocycles. The molecule has 2 unspecified atom stereocenters. The molecule has 0 bridgehead atoms. The fourth-order valence-electron chi connectivity index (χ4n) is 11.6. The number of hydrogen-bond donors (Lipinski definition) is 0. The van der Waals surface area contributed by atoms with E-state index in [1.165, 1.54) is 13.0 Å². The molecule has 0 saturated heterocycles. The van der Waals surface area contributed by atoms with Crippen LogP contribution in [-0.4, -0.2) is 12.2 Å². The van der Waals surface area contributed by atoms with Crippen molar-refractivity contribution in [1.29, 1.82) is 0 Å². The summed E-state index contributed by atoms with van der Waals surface area (Å²) in [5, 5.41) is 2.32. The first kappa shape index (κ1) is 68.5. The van der Waals surface area contributed by atoms with E-state index >= 15 is 0 Å². The summed E-state index contributed by atoms with van der Waals surface area (Å²) < 4.78 is 190. The van der Waals surface area contributed by atoms with E-state index in [2.05, 4.69) is 0 Å². The molecule has 95 heavy (non-hydrogen) atoms. The lowest BCUT2D eigenvalue weighted by molar-refractivity contribution is 0.180. The van der Waals surface area contributed by atoms with Gasteiger partial charge < -0.3 is 23.4 Å². The summed E-state index contributed by atoms with van der Waals surface area (Å²) >= 11 is 0. The number of fused-ring (bicyclic) bond motifs is 12. The second kappa shape index (κ2) is 27.9. The molecule has 5 nitrogen and oxygen atoms in total. The summed E-state index contributed by atoms with van der Waals surface area (Å²) in [4.78, 5) is 0. The first-order chi connectivity index (χ1) is 45.1. The maximum atomic E-state index is 14.0. The second-order valence-corrected chi connectivity index (χ2v) is 24.5. The van der Waals surface area contributed by atoms with Crippen LogP contribution in [0.3, 0.4) is 0 Å². The van der Waals surface area contributed by atoms with Crippen molar-refractivity contribution in [2.75, 3.05) is 0 Å². The van der Waals surface area contributed by atoms with E-state index in [0.717, 1.165) is 53.5 Å². The minimum atomic E-state index is -0.841. The molecule has 494 valence electrons. The minimum Gasteiger partial charge on any atom is -0.487 e. The van der Waals surface area contributed by atoms with Crippen LogP contribution in [0.15, 0.2) is 114 Å². The van der Waals surface area contributed by atoms with Crippen molar-refractivity contribution < 1.29 is 76.0 Å². The Hall–Kier alpha value is -9.38. The number of aryl methyl sites for hydroxylation is 11. The Morgan fingerprint density at radius 1 is 0.326 bits per heavy atom. The Morgan fingerprint density at radius 2 is 0.695 bits per heavy atom. The smallest absolute Gasteiger partial charge is 0.201 e. The van der Waals surface area contributed by atoms with E-state index in [-0.39, 0.29) is 88.4 Å². The largest absolute Gasteiger partial charge is 0.487 e. The Labute approximate surface area is 542 Å². The van der Waals surface area contributed by atoms with Crippen molar-refractivity contribution >= 4 is 32.7 Å².